The average molecular weight is 325 g/mol. The maximum atomic E-state index is 11.6. The Labute approximate surface area is 133 Å². The van der Waals surface area contributed by atoms with Crippen LogP contribution in [-0.4, -0.2) is 49.9 Å². The molecule has 0 heterocycles. The largest absolute Gasteiger partial charge is 0.452 e. The lowest BCUT2D eigenvalue weighted by Gasteiger charge is -2.15. The zero-order valence-corrected chi connectivity index (χ0v) is 13.1. The second-order valence-corrected chi connectivity index (χ2v) is 4.86. The quantitative estimate of drug-likeness (QED) is 0.628. The Kier molecular flexibility index (Phi) is 7.12. The molecule has 22 heavy (non-hydrogen) atoms. The first-order valence-electron chi connectivity index (χ1n) is 6.47. The van der Waals surface area contributed by atoms with E-state index in [-0.39, 0.29) is 12.5 Å². The fourth-order valence-electron chi connectivity index (χ4n) is 1.45. The third-order valence-electron chi connectivity index (χ3n) is 2.68. The predicted octanol–water partition coefficient (Wildman–Crippen LogP) is 1.10. The van der Waals surface area contributed by atoms with Crippen LogP contribution >= 0.6 is 11.6 Å². The number of nitrogens with one attached hydrogen (secondary N) is 1. The van der Waals surface area contributed by atoms with Crippen molar-refractivity contribution in [3.8, 4) is 0 Å². The predicted molar refractivity (Wildman–Crippen MR) is 83.1 cm³/mol. The summed E-state index contributed by atoms with van der Waals surface area (Å²) in [6, 6.07) is 6.94. The van der Waals surface area contributed by atoms with E-state index in [0.29, 0.717) is 5.02 Å². The molecule has 0 atom stereocenters. The Hall–Kier alpha value is -2.34. The topological polar surface area (TPSA) is 75.7 Å². The van der Waals surface area contributed by atoms with Crippen LogP contribution in [0.15, 0.2) is 30.3 Å². The minimum Gasteiger partial charge on any atom is -0.452 e. The highest BCUT2D eigenvalue weighted by atomic mass is 35.5. The highest BCUT2D eigenvalue weighted by molar-refractivity contribution is 6.30. The van der Waals surface area contributed by atoms with Crippen molar-refractivity contribution in [3.05, 3.63) is 40.9 Å². The molecule has 2 amide bonds. The SMILES string of the molecule is CNC(=O)CN(C)C(=O)COC(=O)/C=C/c1cccc(Cl)c1. The van der Waals surface area contributed by atoms with Crippen molar-refractivity contribution in [2.24, 2.45) is 0 Å². The molecule has 1 N–H and O–H groups in total. The molecule has 1 aromatic carbocycles. The van der Waals surface area contributed by atoms with Gasteiger partial charge in [0.15, 0.2) is 6.61 Å². The van der Waals surface area contributed by atoms with Crippen LogP contribution in [0.1, 0.15) is 5.56 Å². The first-order chi connectivity index (χ1) is 10.4. The summed E-state index contributed by atoms with van der Waals surface area (Å²) in [4.78, 5) is 35.5. The number of ether oxygens (including phenoxy) is 1. The van der Waals surface area contributed by atoms with Gasteiger partial charge in [-0.15, -0.1) is 0 Å². The van der Waals surface area contributed by atoms with E-state index < -0.39 is 18.5 Å². The number of amides is 2. The van der Waals surface area contributed by atoms with Gasteiger partial charge in [-0.2, -0.15) is 0 Å². The van der Waals surface area contributed by atoms with Crippen LogP contribution in [-0.2, 0) is 19.1 Å². The molecule has 0 saturated carbocycles. The van der Waals surface area contributed by atoms with E-state index in [1.54, 1.807) is 24.3 Å². The Morgan fingerprint density at radius 1 is 1.36 bits per heavy atom. The molecule has 0 aliphatic heterocycles. The van der Waals surface area contributed by atoms with Gasteiger partial charge in [-0.3, -0.25) is 9.59 Å². The zero-order chi connectivity index (χ0) is 16.5. The number of hydrogen-bond acceptors (Lipinski definition) is 4. The number of carbonyl (C=O) groups excluding carboxylic acids is 3. The molecule has 0 bridgehead atoms. The number of esters is 1. The van der Waals surface area contributed by atoms with Crippen molar-refractivity contribution in [2.45, 2.75) is 0 Å². The van der Waals surface area contributed by atoms with Gasteiger partial charge in [-0.25, -0.2) is 4.79 Å². The van der Waals surface area contributed by atoms with E-state index in [4.69, 9.17) is 16.3 Å². The molecular formula is C15H17ClN2O4. The Morgan fingerprint density at radius 2 is 2.09 bits per heavy atom. The Bertz CT molecular complexity index is 587. The normalized spacial score (nSPS) is 10.3. The zero-order valence-electron chi connectivity index (χ0n) is 12.3. The van der Waals surface area contributed by atoms with Crippen molar-refractivity contribution in [1.29, 1.82) is 0 Å². The molecule has 118 valence electrons. The number of likely N-dealkylation sites (N-methyl/N-ethyl adjacent to an activating group) is 2. The summed E-state index contributed by atoms with van der Waals surface area (Å²) in [5, 5.41) is 2.95. The lowest BCUT2D eigenvalue weighted by molar-refractivity contribution is -0.148. The van der Waals surface area contributed by atoms with Gasteiger partial charge in [0.2, 0.25) is 5.91 Å². The van der Waals surface area contributed by atoms with Gasteiger partial charge in [-0.05, 0) is 23.8 Å². The third kappa shape index (κ3) is 6.41. The monoisotopic (exact) mass is 324 g/mol. The van der Waals surface area contributed by atoms with Crippen LogP contribution in [0.3, 0.4) is 0 Å². The molecule has 0 aliphatic carbocycles. The molecule has 7 heteroatoms. The number of carbonyl (C=O) groups is 3. The summed E-state index contributed by atoms with van der Waals surface area (Å²) in [5.74, 6) is -1.42. The molecule has 0 spiro atoms. The first kappa shape index (κ1) is 17.7. The van der Waals surface area contributed by atoms with Gasteiger partial charge < -0.3 is 15.0 Å². The highest BCUT2D eigenvalue weighted by Gasteiger charge is 2.13. The summed E-state index contributed by atoms with van der Waals surface area (Å²) in [5.41, 5.74) is 0.743. The minimum atomic E-state index is -0.651. The van der Waals surface area contributed by atoms with Gasteiger partial charge >= 0.3 is 5.97 Å². The van der Waals surface area contributed by atoms with Crippen molar-refractivity contribution >= 4 is 35.5 Å². The maximum absolute atomic E-state index is 11.6. The van der Waals surface area contributed by atoms with Crippen LogP contribution in [0.5, 0.6) is 0 Å². The fraction of sp³-hybridized carbons (Fsp3) is 0.267. The van der Waals surface area contributed by atoms with E-state index in [0.717, 1.165) is 5.56 Å². The average Bonchev–Trinajstić information content (AvgIpc) is 2.50. The van der Waals surface area contributed by atoms with Gasteiger partial charge in [0, 0.05) is 25.2 Å². The lowest BCUT2D eigenvalue weighted by atomic mass is 10.2. The molecular weight excluding hydrogens is 308 g/mol. The van der Waals surface area contributed by atoms with E-state index in [9.17, 15) is 14.4 Å². The number of hydrogen-bond donors (Lipinski definition) is 1. The van der Waals surface area contributed by atoms with Crippen LogP contribution in [0, 0.1) is 0 Å². The summed E-state index contributed by atoms with van der Waals surface area (Å²) in [6.45, 7) is -0.516. The van der Waals surface area contributed by atoms with Crippen LogP contribution in [0.4, 0.5) is 0 Å². The number of halogens is 1. The fourth-order valence-corrected chi connectivity index (χ4v) is 1.65. The molecule has 0 unspecified atom stereocenters. The molecule has 6 nitrogen and oxygen atoms in total. The van der Waals surface area contributed by atoms with Crippen molar-refractivity contribution < 1.29 is 19.1 Å². The molecule has 1 rings (SSSR count). The summed E-state index contributed by atoms with van der Waals surface area (Å²) >= 11 is 5.82. The van der Waals surface area contributed by atoms with Gasteiger partial charge in [0.1, 0.15) is 0 Å². The number of nitrogens with zero attached hydrogens (tertiary/aromatic N) is 1. The second-order valence-electron chi connectivity index (χ2n) is 4.42. The summed E-state index contributed by atoms with van der Waals surface area (Å²) < 4.78 is 4.81. The third-order valence-corrected chi connectivity index (χ3v) is 2.92. The van der Waals surface area contributed by atoms with Crippen molar-refractivity contribution in [1.82, 2.24) is 10.2 Å². The van der Waals surface area contributed by atoms with E-state index >= 15 is 0 Å². The van der Waals surface area contributed by atoms with Gasteiger partial charge in [0.05, 0.1) is 6.54 Å². The number of benzene rings is 1. The van der Waals surface area contributed by atoms with E-state index in [1.165, 1.54) is 31.1 Å². The van der Waals surface area contributed by atoms with E-state index in [1.807, 2.05) is 0 Å². The van der Waals surface area contributed by atoms with Crippen molar-refractivity contribution in [3.63, 3.8) is 0 Å². The Morgan fingerprint density at radius 3 is 2.73 bits per heavy atom. The van der Waals surface area contributed by atoms with Crippen LogP contribution in [0.25, 0.3) is 6.08 Å². The molecule has 0 saturated heterocycles. The highest BCUT2D eigenvalue weighted by Crippen LogP contribution is 2.11. The molecule has 0 aliphatic rings. The van der Waals surface area contributed by atoms with Crippen molar-refractivity contribution in [2.75, 3.05) is 27.2 Å². The standard InChI is InChI=1S/C15H17ClN2O4/c1-17-13(19)9-18(2)14(20)10-22-15(21)7-6-11-4-3-5-12(16)8-11/h3-8H,9-10H2,1-2H3,(H,17,19)/b7-6+. The second kappa shape index (κ2) is 8.84. The maximum Gasteiger partial charge on any atom is 0.331 e. The van der Waals surface area contributed by atoms with E-state index in [2.05, 4.69) is 5.32 Å². The first-order valence-corrected chi connectivity index (χ1v) is 6.85. The lowest BCUT2D eigenvalue weighted by Crippen LogP contribution is -2.38. The molecule has 0 radical (unpaired) electrons. The molecule has 0 aromatic heterocycles. The van der Waals surface area contributed by atoms with Crippen LogP contribution in [0.2, 0.25) is 5.02 Å². The number of rotatable bonds is 6. The van der Waals surface area contributed by atoms with Gasteiger partial charge in [-0.1, -0.05) is 23.7 Å². The summed E-state index contributed by atoms with van der Waals surface area (Å²) in [6.07, 6.45) is 2.74. The molecule has 1 aromatic rings. The minimum absolute atomic E-state index is 0.0920. The smallest absolute Gasteiger partial charge is 0.331 e. The summed E-state index contributed by atoms with van der Waals surface area (Å²) in [7, 11) is 2.93. The van der Waals surface area contributed by atoms with Crippen LogP contribution < -0.4 is 5.32 Å². The van der Waals surface area contributed by atoms with Gasteiger partial charge in [0.25, 0.3) is 5.91 Å². The molecule has 0 fully saturated rings. The Balaban J connectivity index is 2.42.